The molecule has 2 heterocycles. The van der Waals surface area contributed by atoms with E-state index in [1.807, 2.05) is 4.90 Å². The molecule has 0 aliphatic carbocycles. The van der Waals surface area contributed by atoms with Gasteiger partial charge in [-0.05, 0) is 24.3 Å². The zero-order chi connectivity index (χ0) is 18.5. The molecule has 0 unspecified atom stereocenters. The van der Waals surface area contributed by atoms with Gasteiger partial charge < -0.3 is 19.9 Å². The molecule has 2 aromatic rings. The van der Waals surface area contributed by atoms with Crippen molar-refractivity contribution in [3.63, 3.8) is 0 Å². The molecule has 1 fully saturated rings. The number of aromatic nitrogens is 1. The van der Waals surface area contributed by atoms with E-state index in [4.69, 9.17) is 4.74 Å². The second-order valence-corrected chi connectivity index (χ2v) is 6.33. The van der Waals surface area contributed by atoms with Crippen molar-refractivity contribution in [3.8, 4) is 0 Å². The smallest absolute Gasteiger partial charge is 0.270 e. The lowest BCUT2D eigenvalue weighted by Crippen LogP contribution is -2.51. The molecule has 2 amide bonds. The fourth-order valence-corrected chi connectivity index (χ4v) is 3.05. The maximum absolute atomic E-state index is 13.3. The van der Waals surface area contributed by atoms with Crippen LogP contribution in [0.4, 0.5) is 4.39 Å². The molecule has 0 saturated carbocycles. The highest BCUT2D eigenvalue weighted by molar-refractivity contribution is 5.98. The maximum Gasteiger partial charge on any atom is 0.270 e. The minimum Gasteiger partial charge on any atom is -0.383 e. The van der Waals surface area contributed by atoms with Crippen molar-refractivity contribution < 1.29 is 18.7 Å². The summed E-state index contributed by atoms with van der Waals surface area (Å²) in [7, 11) is 1.59. The summed E-state index contributed by atoms with van der Waals surface area (Å²) in [5.74, 6) is -0.474. The highest BCUT2D eigenvalue weighted by Gasteiger charge is 2.24. The lowest BCUT2D eigenvalue weighted by Gasteiger charge is -2.34. The second-order valence-electron chi connectivity index (χ2n) is 6.33. The number of nitrogens with one attached hydrogen (secondary N) is 2. The van der Waals surface area contributed by atoms with Crippen LogP contribution in [0.3, 0.4) is 0 Å². The first kappa shape index (κ1) is 18.3. The van der Waals surface area contributed by atoms with Crippen LogP contribution in [0.2, 0.25) is 0 Å². The summed E-state index contributed by atoms with van der Waals surface area (Å²) in [4.78, 5) is 31.3. The number of H-pyrrole nitrogens is 1. The van der Waals surface area contributed by atoms with Crippen molar-refractivity contribution >= 4 is 22.7 Å². The summed E-state index contributed by atoms with van der Waals surface area (Å²) in [6, 6.07) is 6.07. The second kappa shape index (κ2) is 8.29. The number of methoxy groups -OCH3 is 1. The molecule has 26 heavy (non-hydrogen) atoms. The highest BCUT2D eigenvalue weighted by atomic mass is 19.1. The summed E-state index contributed by atoms with van der Waals surface area (Å²) in [6.07, 6.45) is 0. The molecule has 7 nitrogen and oxygen atoms in total. The van der Waals surface area contributed by atoms with Gasteiger partial charge in [-0.25, -0.2) is 4.39 Å². The number of halogens is 1. The zero-order valence-corrected chi connectivity index (χ0v) is 14.8. The van der Waals surface area contributed by atoms with Crippen LogP contribution >= 0.6 is 0 Å². The van der Waals surface area contributed by atoms with Crippen LogP contribution in [0.1, 0.15) is 10.5 Å². The first-order chi connectivity index (χ1) is 12.6. The minimum atomic E-state index is -0.326. The Bertz CT molecular complexity index is 784. The molecule has 3 rings (SSSR count). The van der Waals surface area contributed by atoms with E-state index in [-0.39, 0.29) is 17.6 Å². The van der Waals surface area contributed by atoms with Crippen LogP contribution in [-0.2, 0) is 9.53 Å². The van der Waals surface area contributed by atoms with E-state index in [1.54, 1.807) is 24.1 Å². The summed E-state index contributed by atoms with van der Waals surface area (Å²) >= 11 is 0. The Labute approximate surface area is 151 Å². The highest BCUT2D eigenvalue weighted by Crippen LogP contribution is 2.18. The number of aromatic amines is 1. The van der Waals surface area contributed by atoms with Crippen LogP contribution in [0.25, 0.3) is 10.9 Å². The average molecular weight is 362 g/mol. The van der Waals surface area contributed by atoms with Gasteiger partial charge in [0, 0.05) is 50.7 Å². The molecular formula is C18H23FN4O3. The minimum absolute atomic E-state index is 0.0422. The SMILES string of the molecule is COCCNC(=O)CN1CCN(C(=O)c2cc3cc(F)ccc3[nH]2)CC1. The quantitative estimate of drug-likeness (QED) is 0.746. The number of rotatable bonds is 6. The summed E-state index contributed by atoms with van der Waals surface area (Å²) in [5.41, 5.74) is 1.19. The third-order valence-electron chi connectivity index (χ3n) is 4.47. The maximum atomic E-state index is 13.3. The molecular weight excluding hydrogens is 339 g/mol. The van der Waals surface area contributed by atoms with Gasteiger partial charge in [-0.2, -0.15) is 0 Å². The van der Waals surface area contributed by atoms with Gasteiger partial charge >= 0.3 is 0 Å². The van der Waals surface area contributed by atoms with Gasteiger partial charge in [0.2, 0.25) is 5.91 Å². The van der Waals surface area contributed by atoms with Gasteiger partial charge in [0.25, 0.3) is 5.91 Å². The first-order valence-electron chi connectivity index (χ1n) is 8.62. The molecule has 2 N–H and O–H groups in total. The van der Waals surface area contributed by atoms with E-state index < -0.39 is 0 Å². The topological polar surface area (TPSA) is 77.7 Å². The van der Waals surface area contributed by atoms with Gasteiger partial charge in [-0.1, -0.05) is 0 Å². The molecule has 1 aliphatic rings. The number of hydrogen-bond acceptors (Lipinski definition) is 4. The number of carbonyl (C=O) groups is 2. The van der Waals surface area contributed by atoms with Crippen molar-refractivity contribution in [2.45, 2.75) is 0 Å². The molecule has 8 heteroatoms. The van der Waals surface area contributed by atoms with Gasteiger partial charge in [0.05, 0.1) is 13.2 Å². The van der Waals surface area contributed by atoms with Crippen molar-refractivity contribution in [2.75, 3.05) is 53.0 Å². The van der Waals surface area contributed by atoms with Gasteiger partial charge in [-0.3, -0.25) is 14.5 Å². The first-order valence-corrected chi connectivity index (χ1v) is 8.62. The third-order valence-corrected chi connectivity index (χ3v) is 4.47. The number of fused-ring (bicyclic) bond motifs is 1. The Hall–Kier alpha value is -2.45. The molecule has 1 aromatic carbocycles. The fraction of sp³-hybridized carbons (Fsp3) is 0.444. The average Bonchev–Trinajstić information content (AvgIpc) is 3.05. The van der Waals surface area contributed by atoms with E-state index in [0.717, 1.165) is 5.52 Å². The van der Waals surface area contributed by atoms with Crippen LogP contribution in [0.15, 0.2) is 24.3 Å². The molecule has 140 valence electrons. The Kier molecular flexibility index (Phi) is 5.85. The number of piperazine rings is 1. The Morgan fingerprint density at radius 1 is 1.23 bits per heavy atom. The lowest BCUT2D eigenvalue weighted by molar-refractivity contribution is -0.122. The summed E-state index contributed by atoms with van der Waals surface area (Å²) in [5, 5.41) is 3.47. The number of carbonyl (C=O) groups excluding carboxylic acids is 2. The molecule has 0 atom stereocenters. The summed E-state index contributed by atoms with van der Waals surface area (Å²) < 4.78 is 18.2. The number of hydrogen-bond donors (Lipinski definition) is 2. The fourth-order valence-electron chi connectivity index (χ4n) is 3.05. The number of ether oxygens (including phenoxy) is 1. The van der Waals surface area contributed by atoms with Crippen molar-refractivity contribution in [1.82, 2.24) is 20.1 Å². The molecule has 1 saturated heterocycles. The Balaban J connectivity index is 1.52. The van der Waals surface area contributed by atoms with Crippen molar-refractivity contribution in [1.29, 1.82) is 0 Å². The molecule has 1 aromatic heterocycles. The third kappa shape index (κ3) is 4.39. The van der Waals surface area contributed by atoms with Gasteiger partial charge in [0.1, 0.15) is 11.5 Å². The van der Waals surface area contributed by atoms with E-state index >= 15 is 0 Å². The van der Waals surface area contributed by atoms with Crippen LogP contribution < -0.4 is 5.32 Å². The Morgan fingerprint density at radius 2 is 2.00 bits per heavy atom. The number of amides is 2. The molecule has 1 aliphatic heterocycles. The van der Waals surface area contributed by atoms with E-state index in [9.17, 15) is 14.0 Å². The zero-order valence-electron chi connectivity index (χ0n) is 14.8. The van der Waals surface area contributed by atoms with Gasteiger partial charge in [-0.15, -0.1) is 0 Å². The molecule has 0 bridgehead atoms. The van der Waals surface area contributed by atoms with Crippen LogP contribution in [0, 0.1) is 5.82 Å². The predicted octanol–water partition coefficient (Wildman–Crippen LogP) is 0.827. The van der Waals surface area contributed by atoms with Crippen LogP contribution in [-0.4, -0.2) is 79.6 Å². The molecule has 0 spiro atoms. The largest absolute Gasteiger partial charge is 0.383 e. The van der Waals surface area contributed by atoms with E-state index in [0.29, 0.717) is 57.0 Å². The van der Waals surface area contributed by atoms with E-state index in [1.165, 1.54) is 12.1 Å². The van der Waals surface area contributed by atoms with Gasteiger partial charge in [0.15, 0.2) is 0 Å². The lowest BCUT2D eigenvalue weighted by atomic mass is 10.2. The normalized spacial score (nSPS) is 15.4. The van der Waals surface area contributed by atoms with E-state index in [2.05, 4.69) is 10.3 Å². The monoisotopic (exact) mass is 362 g/mol. The van der Waals surface area contributed by atoms with Crippen LogP contribution in [0.5, 0.6) is 0 Å². The standard InChI is InChI=1S/C18H23FN4O3/c1-26-9-4-20-17(24)12-22-5-7-23(8-6-22)18(25)16-11-13-10-14(19)2-3-15(13)21-16/h2-3,10-11,21H,4-9,12H2,1H3,(H,20,24). The predicted molar refractivity (Wildman–Crippen MR) is 95.5 cm³/mol. The summed E-state index contributed by atoms with van der Waals surface area (Å²) in [6.45, 7) is 3.67. The van der Waals surface area contributed by atoms with Crippen molar-refractivity contribution in [3.05, 3.63) is 35.8 Å². The molecule has 0 radical (unpaired) electrons. The number of benzene rings is 1. The van der Waals surface area contributed by atoms with Crippen molar-refractivity contribution in [2.24, 2.45) is 0 Å². The number of nitrogens with zero attached hydrogens (tertiary/aromatic N) is 2. The Morgan fingerprint density at radius 3 is 2.73 bits per heavy atom.